The van der Waals surface area contributed by atoms with E-state index in [1.165, 1.54) is 24.3 Å². The molecule has 0 atom stereocenters. The summed E-state index contributed by atoms with van der Waals surface area (Å²) < 4.78 is 27.0. The van der Waals surface area contributed by atoms with Gasteiger partial charge in [0.2, 0.25) is 5.91 Å². The molecule has 5 rings (SSSR count). The molecule has 40 heavy (non-hydrogen) atoms. The highest BCUT2D eigenvalue weighted by Crippen LogP contribution is 2.30. The third-order valence-corrected chi connectivity index (χ3v) is 7.89. The summed E-state index contributed by atoms with van der Waals surface area (Å²) in [7, 11) is 0. The Morgan fingerprint density at radius 1 is 0.850 bits per heavy atom. The van der Waals surface area contributed by atoms with Crippen molar-refractivity contribution in [1.29, 1.82) is 0 Å². The molecule has 0 saturated carbocycles. The van der Waals surface area contributed by atoms with Crippen molar-refractivity contribution in [2.45, 2.75) is 31.6 Å². The minimum absolute atomic E-state index is 0.0545. The fraction of sp³-hybridized carbons (Fsp3) is 0.312. The molecule has 3 N–H and O–H groups in total. The second-order valence-electron chi connectivity index (χ2n) is 10.4. The fourth-order valence-corrected chi connectivity index (χ4v) is 5.72. The lowest BCUT2D eigenvalue weighted by Crippen LogP contribution is -2.48. The number of nitrogens with two attached hydrogens (primary N) is 1. The maximum atomic E-state index is 13.5. The second-order valence-corrected chi connectivity index (χ2v) is 10.4. The van der Waals surface area contributed by atoms with Gasteiger partial charge in [0, 0.05) is 49.4 Å². The maximum absolute atomic E-state index is 13.5. The van der Waals surface area contributed by atoms with Crippen molar-refractivity contribution in [3.63, 3.8) is 0 Å². The van der Waals surface area contributed by atoms with Gasteiger partial charge in [-0.15, -0.1) is 0 Å². The number of aryl methyl sites for hydroxylation is 1. The van der Waals surface area contributed by atoms with Crippen LogP contribution in [0.25, 0.3) is 10.9 Å². The first kappa shape index (κ1) is 27.5. The van der Waals surface area contributed by atoms with E-state index < -0.39 is 5.91 Å². The third-order valence-electron chi connectivity index (χ3n) is 7.89. The Morgan fingerprint density at radius 2 is 1.45 bits per heavy atom. The van der Waals surface area contributed by atoms with Gasteiger partial charge >= 0.3 is 0 Å². The van der Waals surface area contributed by atoms with E-state index in [0.29, 0.717) is 31.6 Å². The molecule has 0 spiro atoms. The summed E-state index contributed by atoms with van der Waals surface area (Å²) in [6.07, 6.45) is 2.54. The van der Waals surface area contributed by atoms with Gasteiger partial charge in [0.1, 0.15) is 17.3 Å². The number of carbonyl (C=O) groups is 2. The first-order valence-electron chi connectivity index (χ1n) is 13.8. The van der Waals surface area contributed by atoms with Crippen LogP contribution in [0.2, 0.25) is 0 Å². The van der Waals surface area contributed by atoms with E-state index in [2.05, 4.69) is 9.88 Å². The molecular weight excluding hydrogens is 510 g/mol. The largest absolute Gasteiger partial charge is 0.364 e. The summed E-state index contributed by atoms with van der Waals surface area (Å²) in [5.74, 6) is -0.937. The van der Waals surface area contributed by atoms with Crippen LogP contribution in [-0.4, -0.2) is 59.3 Å². The first-order valence-corrected chi connectivity index (χ1v) is 13.8. The van der Waals surface area contributed by atoms with Crippen molar-refractivity contribution in [3.8, 4) is 0 Å². The second kappa shape index (κ2) is 12.4. The molecule has 208 valence electrons. The highest BCUT2D eigenvalue weighted by Gasteiger charge is 2.23. The molecule has 1 aliphatic heterocycles. The number of hydrogen-bond acceptors (Lipinski definition) is 3. The van der Waals surface area contributed by atoms with Crippen molar-refractivity contribution in [2.75, 3.05) is 32.7 Å². The SMILES string of the molecule is NC(=O)c1[nH]c2ccccc2c1CCC(=O)N1CCN(CCCC(c2ccc(F)cc2)c2ccc(F)cc2)CC1. The number of rotatable bonds is 10. The van der Waals surface area contributed by atoms with E-state index >= 15 is 0 Å². The van der Waals surface area contributed by atoms with Crippen LogP contribution in [0.1, 0.15) is 52.4 Å². The van der Waals surface area contributed by atoms with Crippen LogP contribution in [0, 0.1) is 11.6 Å². The van der Waals surface area contributed by atoms with Gasteiger partial charge in [-0.25, -0.2) is 8.78 Å². The third kappa shape index (κ3) is 6.39. The van der Waals surface area contributed by atoms with Gasteiger partial charge in [-0.05, 0) is 72.8 Å². The van der Waals surface area contributed by atoms with Gasteiger partial charge in [0.15, 0.2) is 0 Å². The summed E-state index contributed by atoms with van der Waals surface area (Å²) in [4.78, 5) is 32.3. The predicted molar refractivity (Wildman–Crippen MR) is 152 cm³/mol. The Bertz CT molecular complexity index is 1410. The number of hydrogen-bond donors (Lipinski definition) is 2. The van der Waals surface area contributed by atoms with E-state index in [1.807, 2.05) is 29.2 Å². The van der Waals surface area contributed by atoms with E-state index in [4.69, 9.17) is 5.73 Å². The average Bonchev–Trinajstić information content (AvgIpc) is 3.35. The number of halogens is 2. The van der Waals surface area contributed by atoms with Gasteiger partial charge in [-0.3, -0.25) is 14.5 Å². The predicted octanol–water partition coefficient (Wildman–Crippen LogP) is 5.23. The van der Waals surface area contributed by atoms with Gasteiger partial charge in [-0.1, -0.05) is 42.5 Å². The number of aromatic amines is 1. The minimum Gasteiger partial charge on any atom is -0.364 e. The van der Waals surface area contributed by atoms with Crippen LogP contribution in [0.15, 0.2) is 72.8 Å². The Labute approximate surface area is 232 Å². The summed E-state index contributed by atoms with van der Waals surface area (Å²) in [5, 5.41) is 0.925. The Morgan fingerprint density at radius 3 is 2.05 bits per heavy atom. The number of piperazine rings is 1. The molecule has 6 nitrogen and oxygen atoms in total. The Balaban J connectivity index is 1.12. The molecule has 8 heteroatoms. The molecule has 0 radical (unpaired) electrons. The van der Waals surface area contributed by atoms with E-state index in [1.54, 1.807) is 24.3 Å². The van der Waals surface area contributed by atoms with Gasteiger partial charge in [0.05, 0.1) is 0 Å². The van der Waals surface area contributed by atoms with Gasteiger partial charge < -0.3 is 15.6 Å². The minimum atomic E-state index is -0.520. The molecule has 0 bridgehead atoms. The maximum Gasteiger partial charge on any atom is 0.265 e. The lowest BCUT2D eigenvalue weighted by Gasteiger charge is -2.35. The molecule has 3 aromatic carbocycles. The number of benzene rings is 3. The topological polar surface area (TPSA) is 82.4 Å². The summed E-state index contributed by atoms with van der Waals surface area (Å²) in [6, 6.07) is 20.7. The molecule has 1 saturated heterocycles. The van der Waals surface area contributed by atoms with Gasteiger partial charge in [-0.2, -0.15) is 0 Å². The number of carbonyl (C=O) groups excluding carboxylic acids is 2. The molecule has 2 amide bonds. The normalized spacial score (nSPS) is 14.2. The summed E-state index contributed by atoms with van der Waals surface area (Å²) >= 11 is 0. The molecule has 4 aromatic rings. The highest BCUT2D eigenvalue weighted by atomic mass is 19.1. The van der Waals surface area contributed by atoms with Crippen molar-refractivity contribution >= 4 is 22.7 Å². The van der Waals surface area contributed by atoms with Crippen molar-refractivity contribution < 1.29 is 18.4 Å². The summed E-state index contributed by atoms with van der Waals surface area (Å²) in [6.45, 7) is 3.80. The number of amides is 2. The van der Waals surface area contributed by atoms with Crippen molar-refractivity contribution in [1.82, 2.24) is 14.8 Å². The summed E-state index contributed by atoms with van der Waals surface area (Å²) in [5.41, 5.74) is 9.62. The average molecular weight is 545 g/mol. The number of H-pyrrole nitrogens is 1. The zero-order chi connectivity index (χ0) is 28.1. The van der Waals surface area contributed by atoms with Crippen LogP contribution in [0.5, 0.6) is 0 Å². The molecule has 1 aromatic heterocycles. The van der Waals surface area contributed by atoms with Crippen LogP contribution >= 0.6 is 0 Å². The van der Waals surface area contributed by atoms with Gasteiger partial charge in [0.25, 0.3) is 5.91 Å². The van der Waals surface area contributed by atoms with Crippen LogP contribution < -0.4 is 5.73 Å². The number of nitrogens with one attached hydrogen (secondary N) is 1. The Kier molecular flexibility index (Phi) is 8.55. The lowest BCUT2D eigenvalue weighted by molar-refractivity contribution is -0.132. The quantitative estimate of drug-likeness (QED) is 0.287. The molecule has 1 fully saturated rings. The highest BCUT2D eigenvalue weighted by molar-refractivity contribution is 6.00. The smallest absolute Gasteiger partial charge is 0.265 e. The fourth-order valence-electron chi connectivity index (χ4n) is 5.72. The number of para-hydroxylation sites is 1. The van der Waals surface area contributed by atoms with E-state index in [-0.39, 0.29) is 23.5 Å². The number of aromatic nitrogens is 1. The van der Waals surface area contributed by atoms with E-state index in [9.17, 15) is 18.4 Å². The first-order chi connectivity index (χ1) is 19.4. The molecule has 2 heterocycles. The number of primary amides is 1. The number of nitrogens with zero attached hydrogens (tertiary/aromatic N) is 2. The van der Waals surface area contributed by atoms with Crippen LogP contribution in [-0.2, 0) is 11.2 Å². The van der Waals surface area contributed by atoms with Crippen LogP contribution in [0.3, 0.4) is 0 Å². The standard InChI is InChI=1S/C32H34F2N4O2/c33-24-11-7-22(8-12-24)26(23-9-13-25(34)14-10-23)5-3-17-37-18-20-38(21-19-37)30(39)16-15-28-27-4-1-2-6-29(27)36-31(28)32(35)40/h1-2,4,6-14,26,36H,3,5,15-21H2,(H2,35,40). The van der Waals surface area contributed by atoms with Crippen molar-refractivity contribution in [3.05, 3.63) is 107 Å². The molecular formula is C32H34F2N4O2. The van der Waals surface area contributed by atoms with E-state index in [0.717, 1.165) is 60.1 Å². The monoisotopic (exact) mass is 544 g/mol. The Hall–Kier alpha value is -4.04. The molecule has 0 unspecified atom stereocenters. The van der Waals surface area contributed by atoms with Crippen molar-refractivity contribution in [2.24, 2.45) is 5.73 Å². The zero-order valence-corrected chi connectivity index (χ0v) is 22.4. The molecule has 0 aliphatic carbocycles. The zero-order valence-electron chi connectivity index (χ0n) is 22.4. The lowest BCUT2D eigenvalue weighted by atomic mass is 9.87. The molecule has 1 aliphatic rings. The van der Waals surface area contributed by atoms with Crippen LogP contribution in [0.4, 0.5) is 8.78 Å². The number of fused-ring (bicyclic) bond motifs is 1.